The molecule has 128 valence electrons. The summed E-state index contributed by atoms with van der Waals surface area (Å²) in [4.78, 5) is 28.6. The Hall–Kier alpha value is -2.89. The van der Waals surface area contributed by atoms with Crippen LogP contribution in [0, 0.1) is 5.82 Å². The highest BCUT2D eigenvalue weighted by Gasteiger charge is 2.43. The van der Waals surface area contributed by atoms with Crippen molar-refractivity contribution >= 4 is 11.8 Å². The van der Waals surface area contributed by atoms with E-state index in [-0.39, 0.29) is 29.7 Å². The number of carbonyl (C=O) groups is 2. The second-order valence-electron chi connectivity index (χ2n) is 6.36. The number of carbonyl (C=O) groups excluding carboxylic acids is 2. The number of hydrogen-bond donors (Lipinski definition) is 0. The summed E-state index contributed by atoms with van der Waals surface area (Å²) in [5.74, 6) is -0.546. The molecule has 2 amide bonds. The molecule has 1 saturated heterocycles. The Labute approximate surface area is 144 Å². The lowest BCUT2D eigenvalue weighted by atomic mass is 10.1. The first-order valence-corrected chi connectivity index (χ1v) is 8.12. The molecule has 0 radical (unpaired) electrons. The number of amides is 2. The Morgan fingerprint density at radius 1 is 1.16 bits per heavy atom. The molecule has 2 aliphatic heterocycles. The van der Waals surface area contributed by atoms with Crippen LogP contribution in [0.25, 0.3) is 0 Å². The number of halogens is 1. The molecule has 0 unspecified atom stereocenters. The Balaban J connectivity index is 1.63. The van der Waals surface area contributed by atoms with Gasteiger partial charge in [0, 0.05) is 25.2 Å². The third kappa shape index (κ3) is 2.63. The molecular formula is C19H17FN2O3. The molecule has 2 atom stereocenters. The van der Waals surface area contributed by atoms with Crippen LogP contribution in [-0.2, 0) is 0 Å². The minimum absolute atomic E-state index is 0.0995. The Morgan fingerprint density at radius 2 is 1.92 bits per heavy atom. The van der Waals surface area contributed by atoms with Crippen molar-refractivity contribution in [2.24, 2.45) is 0 Å². The molecule has 0 spiro atoms. The van der Waals surface area contributed by atoms with Crippen molar-refractivity contribution in [1.29, 1.82) is 0 Å². The first-order valence-electron chi connectivity index (χ1n) is 8.12. The third-order valence-electron chi connectivity index (χ3n) is 4.82. The lowest BCUT2D eigenvalue weighted by Crippen LogP contribution is -2.44. The summed E-state index contributed by atoms with van der Waals surface area (Å²) in [5, 5.41) is 0. The van der Waals surface area contributed by atoms with Crippen molar-refractivity contribution in [1.82, 2.24) is 9.80 Å². The molecule has 5 nitrogen and oxygen atoms in total. The van der Waals surface area contributed by atoms with Gasteiger partial charge in [0.25, 0.3) is 11.8 Å². The van der Waals surface area contributed by atoms with Crippen molar-refractivity contribution in [2.75, 3.05) is 20.1 Å². The molecule has 0 aromatic heterocycles. The van der Waals surface area contributed by atoms with Gasteiger partial charge in [0.05, 0.1) is 18.2 Å². The molecule has 2 aromatic carbocycles. The molecule has 25 heavy (non-hydrogen) atoms. The van der Waals surface area contributed by atoms with E-state index < -0.39 is 5.82 Å². The predicted molar refractivity (Wildman–Crippen MR) is 89.0 cm³/mol. The first-order chi connectivity index (χ1) is 12.0. The van der Waals surface area contributed by atoms with E-state index in [4.69, 9.17) is 4.74 Å². The molecule has 2 aliphatic rings. The third-order valence-corrected chi connectivity index (χ3v) is 4.82. The molecular weight excluding hydrogens is 323 g/mol. The van der Waals surface area contributed by atoms with Crippen molar-refractivity contribution in [3.05, 3.63) is 65.5 Å². The van der Waals surface area contributed by atoms with Gasteiger partial charge in [-0.2, -0.15) is 0 Å². The molecule has 0 bridgehead atoms. The Kier molecular flexibility index (Phi) is 3.67. The number of benzene rings is 2. The van der Waals surface area contributed by atoms with E-state index in [9.17, 15) is 14.0 Å². The fraction of sp³-hybridized carbons (Fsp3) is 0.263. The normalized spacial score (nSPS) is 22.1. The molecule has 0 saturated carbocycles. The number of ether oxygens (including phenoxy) is 1. The fourth-order valence-corrected chi connectivity index (χ4v) is 3.45. The molecule has 2 heterocycles. The van der Waals surface area contributed by atoms with Crippen LogP contribution in [0.15, 0.2) is 48.5 Å². The summed E-state index contributed by atoms with van der Waals surface area (Å²) in [6, 6.07) is 12.7. The maximum atomic E-state index is 13.6. The van der Waals surface area contributed by atoms with Crippen molar-refractivity contribution in [2.45, 2.75) is 12.1 Å². The Bertz CT molecular complexity index is 840. The number of fused-ring (bicyclic) bond motifs is 2. The molecule has 6 heteroatoms. The molecule has 0 N–H and O–H groups in total. The number of rotatable bonds is 1. The molecule has 0 aliphatic carbocycles. The summed E-state index contributed by atoms with van der Waals surface area (Å²) in [5.41, 5.74) is 0.943. The van der Waals surface area contributed by atoms with Crippen LogP contribution >= 0.6 is 0 Å². The summed E-state index contributed by atoms with van der Waals surface area (Å²) in [6.07, 6.45) is -0.385. The average Bonchev–Trinajstić information content (AvgIpc) is 3.01. The zero-order chi connectivity index (χ0) is 17.6. The van der Waals surface area contributed by atoms with E-state index in [1.807, 2.05) is 18.2 Å². The quantitative estimate of drug-likeness (QED) is 0.800. The Morgan fingerprint density at radius 3 is 2.68 bits per heavy atom. The van der Waals surface area contributed by atoms with E-state index >= 15 is 0 Å². The van der Waals surface area contributed by atoms with E-state index in [2.05, 4.69) is 0 Å². The molecule has 2 aromatic rings. The lowest BCUT2D eigenvalue weighted by molar-refractivity contribution is 0.0674. The smallest absolute Gasteiger partial charge is 0.257 e. The van der Waals surface area contributed by atoms with Gasteiger partial charge in [-0.1, -0.05) is 18.2 Å². The predicted octanol–water partition coefficient (Wildman–Crippen LogP) is 2.18. The zero-order valence-electron chi connectivity index (χ0n) is 13.7. The summed E-state index contributed by atoms with van der Waals surface area (Å²) < 4.78 is 19.5. The molecule has 4 rings (SSSR count). The largest absolute Gasteiger partial charge is 0.485 e. The van der Waals surface area contributed by atoms with E-state index in [1.54, 1.807) is 29.0 Å². The van der Waals surface area contributed by atoms with E-state index in [0.717, 1.165) is 0 Å². The van der Waals surface area contributed by atoms with Crippen LogP contribution in [0.4, 0.5) is 4.39 Å². The van der Waals surface area contributed by atoms with Crippen LogP contribution < -0.4 is 4.74 Å². The summed E-state index contributed by atoms with van der Waals surface area (Å²) in [6.45, 7) is 0.739. The monoisotopic (exact) mass is 340 g/mol. The summed E-state index contributed by atoms with van der Waals surface area (Å²) in [7, 11) is 1.69. The standard InChI is InChI=1S/C19H17FN2O3/c1-21-15-10-22(18(23)12-5-3-2-4-6-12)11-17(15)25-16-9-13(20)7-8-14(16)19(21)24/h2-9,15,17H,10-11H2,1H3/t15-,17+/m1/s1. The van der Waals surface area contributed by atoms with E-state index in [0.29, 0.717) is 24.2 Å². The highest BCUT2D eigenvalue weighted by Crippen LogP contribution is 2.31. The second kappa shape index (κ2) is 5.88. The van der Waals surface area contributed by atoms with Gasteiger partial charge < -0.3 is 14.5 Å². The van der Waals surface area contributed by atoms with Gasteiger partial charge in [0.1, 0.15) is 17.7 Å². The van der Waals surface area contributed by atoms with Gasteiger partial charge in [-0.05, 0) is 24.3 Å². The van der Waals surface area contributed by atoms with Gasteiger partial charge in [0.15, 0.2) is 0 Å². The SMILES string of the molecule is CN1C(=O)c2ccc(F)cc2O[C@H]2CN(C(=O)c3ccccc3)C[C@H]21. The number of nitrogens with zero attached hydrogens (tertiary/aromatic N) is 2. The number of hydrogen-bond acceptors (Lipinski definition) is 3. The van der Waals surface area contributed by atoms with Crippen LogP contribution in [-0.4, -0.2) is 53.9 Å². The van der Waals surface area contributed by atoms with Crippen LogP contribution in [0.2, 0.25) is 0 Å². The number of likely N-dealkylation sites (tertiary alicyclic amines) is 1. The van der Waals surface area contributed by atoms with Crippen LogP contribution in [0.3, 0.4) is 0 Å². The lowest BCUT2D eigenvalue weighted by Gasteiger charge is -2.25. The highest BCUT2D eigenvalue weighted by atomic mass is 19.1. The highest BCUT2D eigenvalue weighted by molar-refractivity contribution is 5.98. The minimum Gasteiger partial charge on any atom is -0.485 e. The maximum Gasteiger partial charge on any atom is 0.257 e. The van der Waals surface area contributed by atoms with Gasteiger partial charge >= 0.3 is 0 Å². The van der Waals surface area contributed by atoms with Gasteiger partial charge in [-0.25, -0.2) is 4.39 Å². The molecule has 1 fully saturated rings. The minimum atomic E-state index is -0.456. The fourth-order valence-electron chi connectivity index (χ4n) is 3.45. The zero-order valence-corrected chi connectivity index (χ0v) is 13.7. The average molecular weight is 340 g/mol. The van der Waals surface area contributed by atoms with Crippen LogP contribution in [0.1, 0.15) is 20.7 Å². The van der Waals surface area contributed by atoms with Gasteiger partial charge in [0.2, 0.25) is 0 Å². The topological polar surface area (TPSA) is 49.9 Å². The van der Waals surface area contributed by atoms with Crippen molar-refractivity contribution < 1.29 is 18.7 Å². The first kappa shape index (κ1) is 15.6. The summed E-state index contributed by atoms with van der Waals surface area (Å²) >= 11 is 0. The van der Waals surface area contributed by atoms with Crippen molar-refractivity contribution in [3.8, 4) is 5.75 Å². The van der Waals surface area contributed by atoms with E-state index in [1.165, 1.54) is 18.2 Å². The maximum absolute atomic E-state index is 13.6. The number of likely N-dealkylation sites (N-methyl/N-ethyl adjacent to an activating group) is 1. The van der Waals surface area contributed by atoms with Crippen LogP contribution in [0.5, 0.6) is 5.75 Å². The van der Waals surface area contributed by atoms with Gasteiger partial charge in [-0.15, -0.1) is 0 Å². The van der Waals surface area contributed by atoms with Crippen molar-refractivity contribution in [3.63, 3.8) is 0 Å². The van der Waals surface area contributed by atoms with Gasteiger partial charge in [-0.3, -0.25) is 9.59 Å². The second-order valence-corrected chi connectivity index (χ2v) is 6.36.